The quantitative estimate of drug-likeness (QED) is 0.350. The Labute approximate surface area is 253 Å². The number of amides is 3. The van der Waals surface area contributed by atoms with Gasteiger partial charge in [-0.25, -0.2) is 0 Å². The predicted octanol–water partition coefficient (Wildman–Crippen LogP) is 3.15. The molecule has 0 saturated carbocycles. The van der Waals surface area contributed by atoms with Crippen LogP contribution >= 0.6 is 0 Å². The summed E-state index contributed by atoms with van der Waals surface area (Å²) in [5, 5.41) is 9.81. The molecule has 4 heterocycles. The van der Waals surface area contributed by atoms with Crippen LogP contribution < -0.4 is 14.5 Å². The summed E-state index contributed by atoms with van der Waals surface area (Å²) in [6.07, 6.45) is 1.53. The van der Waals surface area contributed by atoms with Crippen molar-refractivity contribution in [2.45, 2.75) is 75.5 Å². The molecule has 43 heavy (non-hydrogen) atoms. The first-order valence-corrected chi connectivity index (χ1v) is 18.2. The zero-order valence-electron chi connectivity index (χ0n) is 25.3. The second-order valence-electron chi connectivity index (χ2n) is 12.9. The van der Waals surface area contributed by atoms with Gasteiger partial charge in [-0.05, 0) is 61.8 Å². The molecule has 2 aromatic rings. The van der Waals surface area contributed by atoms with Gasteiger partial charge in [0.25, 0.3) is 5.91 Å². The van der Waals surface area contributed by atoms with Crippen LogP contribution in [-0.2, 0) is 31.3 Å². The molecule has 6 rings (SSSR count). The molecule has 2 aromatic carbocycles. The molecule has 3 fully saturated rings. The fraction of sp³-hybridized carbons (Fsp3) is 0.531. The van der Waals surface area contributed by atoms with Crippen LogP contribution in [0.25, 0.3) is 0 Å². The Morgan fingerprint density at radius 2 is 1.88 bits per heavy atom. The standard InChI is InChI=1S/C32H41N3O7Si/c1-20-30(43(3,4)40)27(17-29(38)33-14-5-6-23(33)19-36)42-32(20)25-16-24(41-2)11-12-26(25)35(31(32)39)18-21-7-9-22(10-8-21)34-15-13-28(34)37/h7-12,16,20,23,27,30,36,40H,5-6,13-15,17-19H2,1-4H3/t20-,23+,27+,30-,32+/m1/s1. The van der Waals surface area contributed by atoms with Crippen molar-refractivity contribution >= 4 is 37.4 Å². The number of hydrogen-bond acceptors (Lipinski definition) is 7. The number of carbonyl (C=O) groups is 3. The van der Waals surface area contributed by atoms with Crippen molar-refractivity contribution in [3.05, 3.63) is 53.6 Å². The molecule has 4 aliphatic heterocycles. The largest absolute Gasteiger partial charge is 0.497 e. The van der Waals surface area contributed by atoms with Crippen molar-refractivity contribution in [1.29, 1.82) is 0 Å². The number of aliphatic hydroxyl groups is 1. The van der Waals surface area contributed by atoms with E-state index in [1.165, 1.54) is 0 Å². The molecule has 10 nitrogen and oxygen atoms in total. The van der Waals surface area contributed by atoms with Crippen LogP contribution in [0.5, 0.6) is 5.75 Å². The van der Waals surface area contributed by atoms with E-state index in [1.54, 1.807) is 21.8 Å². The minimum absolute atomic E-state index is 0.0352. The highest BCUT2D eigenvalue weighted by molar-refractivity contribution is 6.71. The molecule has 5 atom stereocenters. The van der Waals surface area contributed by atoms with Gasteiger partial charge in [-0.3, -0.25) is 14.4 Å². The summed E-state index contributed by atoms with van der Waals surface area (Å²) in [6.45, 7) is 7.14. The SMILES string of the molecule is COc1ccc2c(c1)[C@]1(O[C@@H](CC(=O)N3CCC[C@H]3CO)[C@H]([Si](C)(C)O)[C@H]1C)C(=O)N2Cc1ccc(N2CCC2=O)cc1. The third-order valence-corrected chi connectivity index (χ3v) is 12.4. The number of hydrogen-bond donors (Lipinski definition) is 2. The molecule has 0 bridgehead atoms. The number of β-lactam (4-membered cyclic amide) rings is 1. The van der Waals surface area contributed by atoms with Crippen molar-refractivity contribution in [3.63, 3.8) is 0 Å². The summed E-state index contributed by atoms with van der Waals surface area (Å²) < 4.78 is 12.4. The Kier molecular flexibility index (Phi) is 7.64. The van der Waals surface area contributed by atoms with Crippen molar-refractivity contribution in [2.24, 2.45) is 5.92 Å². The summed E-state index contributed by atoms with van der Waals surface area (Å²) in [4.78, 5) is 56.8. The molecular formula is C32H41N3O7Si. The molecule has 3 amide bonds. The molecule has 0 aliphatic carbocycles. The number of fused-ring (bicyclic) bond motifs is 2. The van der Waals surface area contributed by atoms with Gasteiger partial charge >= 0.3 is 0 Å². The number of ether oxygens (including phenoxy) is 2. The van der Waals surface area contributed by atoms with Gasteiger partial charge in [0, 0.05) is 42.2 Å². The van der Waals surface area contributed by atoms with Crippen LogP contribution in [0.1, 0.15) is 43.7 Å². The highest BCUT2D eigenvalue weighted by Crippen LogP contribution is 2.60. The predicted molar refractivity (Wildman–Crippen MR) is 163 cm³/mol. The minimum Gasteiger partial charge on any atom is -0.497 e. The number of methoxy groups -OCH3 is 1. The van der Waals surface area contributed by atoms with Gasteiger partial charge in [-0.15, -0.1) is 0 Å². The van der Waals surface area contributed by atoms with E-state index in [0.29, 0.717) is 43.1 Å². The van der Waals surface area contributed by atoms with Gasteiger partial charge in [-0.1, -0.05) is 19.1 Å². The lowest BCUT2D eigenvalue weighted by molar-refractivity contribution is -0.150. The first-order chi connectivity index (χ1) is 20.5. The van der Waals surface area contributed by atoms with E-state index in [9.17, 15) is 24.3 Å². The summed E-state index contributed by atoms with van der Waals surface area (Å²) in [5.41, 5.74) is 1.36. The first-order valence-electron chi connectivity index (χ1n) is 15.2. The second-order valence-corrected chi connectivity index (χ2v) is 16.8. The Morgan fingerprint density at radius 1 is 1.14 bits per heavy atom. The number of carbonyl (C=O) groups excluding carboxylic acids is 3. The molecule has 0 radical (unpaired) electrons. The number of aliphatic hydroxyl groups excluding tert-OH is 1. The van der Waals surface area contributed by atoms with Crippen molar-refractivity contribution in [2.75, 3.05) is 36.6 Å². The van der Waals surface area contributed by atoms with E-state index < -0.39 is 25.9 Å². The van der Waals surface area contributed by atoms with Crippen molar-refractivity contribution in [1.82, 2.24) is 4.90 Å². The molecule has 0 aromatic heterocycles. The monoisotopic (exact) mass is 607 g/mol. The van der Waals surface area contributed by atoms with Gasteiger partial charge in [0.2, 0.25) is 11.8 Å². The maximum atomic E-state index is 14.6. The lowest BCUT2D eigenvalue weighted by atomic mass is 9.82. The number of benzene rings is 2. The zero-order chi connectivity index (χ0) is 30.7. The Morgan fingerprint density at radius 3 is 2.49 bits per heavy atom. The molecule has 0 unspecified atom stereocenters. The Balaban J connectivity index is 1.35. The van der Waals surface area contributed by atoms with E-state index in [4.69, 9.17) is 9.47 Å². The van der Waals surface area contributed by atoms with Crippen molar-refractivity contribution in [3.8, 4) is 5.75 Å². The Bertz CT molecular complexity index is 1430. The van der Waals surface area contributed by atoms with Gasteiger partial charge < -0.3 is 34.1 Å². The molecule has 1 spiro atoms. The lowest BCUT2D eigenvalue weighted by Crippen LogP contribution is -2.46. The zero-order valence-corrected chi connectivity index (χ0v) is 26.3. The van der Waals surface area contributed by atoms with E-state index in [1.807, 2.05) is 62.5 Å². The van der Waals surface area contributed by atoms with Crippen LogP contribution in [0.15, 0.2) is 42.5 Å². The highest BCUT2D eigenvalue weighted by Gasteiger charge is 2.66. The van der Waals surface area contributed by atoms with Crippen molar-refractivity contribution < 1.29 is 33.8 Å². The van der Waals surface area contributed by atoms with Crippen LogP contribution in [0, 0.1) is 5.92 Å². The van der Waals surface area contributed by atoms with E-state index in [-0.39, 0.29) is 42.3 Å². The van der Waals surface area contributed by atoms with Gasteiger partial charge in [0.05, 0.1) is 44.5 Å². The lowest BCUT2D eigenvalue weighted by Gasteiger charge is -2.33. The van der Waals surface area contributed by atoms with Gasteiger partial charge in [0.1, 0.15) is 5.75 Å². The van der Waals surface area contributed by atoms with Gasteiger partial charge in [0.15, 0.2) is 13.9 Å². The van der Waals surface area contributed by atoms with E-state index in [0.717, 1.165) is 24.1 Å². The summed E-state index contributed by atoms with van der Waals surface area (Å²) in [5.74, 6) is -0.0611. The minimum atomic E-state index is -2.94. The fourth-order valence-electron chi connectivity index (χ4n) is 7.74. The van der Waals surface area contributed by atoms with E-state index in [2.05, 4.69) is 0 Å². The summed E-state index contributed by atoms with van der Waals surface area (Å²) in [7, 11) is -1.37. The third kappa shape index (κ3) is 4.86. The molecule has 2 N–H and O–H groups in total. The van der Waals surface area contributed by atoms with Crippen LogP contribution in [0.3, 0.4) is 0 Å². The summed E-state index contributed by atoms with van der Waals surface area (Å²) >= 11 is 0. The highest BCUT2D eigenvalue weighted by atomic mass is 28.4. The smallest absolute Gasteiger partial charge is 0.264 e. The Hall–Kier alpha value is -3.25. The molecule has 3 saturated heterocycles. The number of likely N-dealkylation sites (tertiary alicyclic amines) is 1. The van der Waals surface area contributed by atoms with Crippen LogP contribution in [-0.4, -0.2) is 79.8 Å². The molecule has 230 valence electrons. The normalized spacial score (nSPS) is 28.6. The maximum Gasteiger partial charge on any atom is 0.264 e. The number of anilines is 2. The fourth-order valence-corrected chi connectivity index (χ4v) is 10.3. The maximum absolute atomic E-state index is 14.6. The van der Waals surface area contributed by atoms with Gasteiger partial charge in [-0.2, -0.15) is 0 Å². The third-order valence-electron chi connectivity index (χ3n) is 9.91. The number of nitrogens with zero attached hydrogens (tertiary/aromatic N) is 3. The summed E-state index contributed by atoms with van der Waals surface area (Å²) in [6, 6.07) is 13.0. The molecule has 4 aliphatic rings. The van der Waals surface area contributed by atoms with E-state index >= 15 is 0 Å². The topological polar surface area (TPSA) is 120 Å². The first kappa shape index (κ1) is 29.8. The average Bonchev–Trinajstić information content (AvgIpc) is 3.63. The molecular weight excluding hydrogens is 566 g/mol. The van der Waals surface area contributed by atoms with Crippen LogP contribution in [0.4, 0.5) is 11.4 Å². The second kappa shape index (κ2) is 11.0. The van der Waals surface area contributed by atoms with Crippen LogP contribution in [0.2, 0.25) is 18.6 Å². The molecule has 11 heteroatoms. The average molecular weight is 608 g/mol. The number of rotatable bonds is 8.